The molecule has 1 fully saturated rings. The zero-order chi connectivity index (χ0) is 22.1. The average Bonchev–Trinajstić information content (AvgIpc) is 2.85. The van der Waals surface area contributed by atoms with Crippen LogP contribution in [0, 0.1) is 0 Å². The average molecular weight is 434 g/mol. The lowest BCUT2D eigenvalue weighted by Crippen LogP contribution is -2.59. The van der Waals surface area contributed by atoms with E-state index in [0.29, 0.717) is 26.4 Å². The molecule has 1 heterocycles. The SMILES string of the molecule is NC1CCC(COCc2ccccc2)OC1(OCc1ccccc1)OCc1ccccc1. The monoisotopic (exact) mass is 433 g/mol. The van der Waals surface area contributed by atoms with Crippen molar-refractivity contribution in [2.45, 2.75) is 50.8 Å². The number of rotatable bonds is 10. The van der Waals surface area contributed by atoms with Crippen LogP contribution in [0.3, 0.4) is 0 Å². The minimum Gasteiger partial charge on any atom is -0.374 e. The van der Waals surface area contributed by atoms with Crippen LogP contribution < -0.4 is 5.73 Å². The minimum absolute atomic E-state index is 0.162. The lowest BCUT2D eigenvalue weighted by molar-refractivity contribution is -0.424. The molecule has 2 atom stereocenters. The molecule has 0 spiro atoms. The smallest absolute Gasteiger partial charge is 0.300 e. The van der Waals surface area contributed by atoms with Gasteiger partial charge in [0.15, 0.2) is 0 Å². The van der Waals surface area contributed by atoms with Gasteiger partial charge in [-0.2, -0.15) is 0 Å². The summed E-state index contributed by atoms with van der Waals surface area (Å²) in [5.74, 6) is -1.33. The first-order valence-corrected chi connectivity index (χ1v) is 11.1. The fourth-order valence-electron chi connectivity index (χ4n) is 3.76. The second-order valence-electron chi connectivity index (χ2n) is 8.08. The van der Waals surface area contributed by atoms with Crippen molar-refractivity contribution >= 4 is 0 Å². The first-order chi connectivity index (χ1) is 15.7. The van der Waals surface area contributed by atoms with Crippen LogP contribution >= 0.6 is 0 Å². The topological polar surface area (TPSA) is 62.9 Å². The zero-order valence-electron chi connectivity index (χ0n) is 18.3. The van der Waals surface area contributed by atoms with Gasteiger partial charge in [-0.1, -0.05) is 91.0 Å². The van der Waals surface area contributed by atoms with Crippen LogP contribution in [-0.4, -0.2) is 24.7 Å². The van der Waals surface area contributed by atoms with Gasteiger partial charge in [0.2, 0.25) is 0 Å². The molecule has 0 amide bonds. The maximum Gasteiger partial charge on any atom is 0.300 e. The molecule has 168 valence electrons. The van der Waals surface area contributed by atoms with Gasteiger partial charge in [0.1, 0.15) is 0 Å². The number of nitrogens with two attached hydrogens (primary N) is 1. The number of hydrogen-bond donors (Lipinski definition) is 1. The van der Waals surface area contributed by atoms with E-state index in [1.54, 1.807) is 0 Å². The van der Waals surface area contributed by atoms with Crippen LogP contribution in [0.1, 0.15) is 29.5 Å². The van der Waals surface area contributed by atoms with Crippen molar-refractivity contribution in [3.05, 3.63) is 108 Å². The molecule has 0 bridgehead atoms. The van der Waals surface area contributed by atoms with Gasteiger partial charge in [-0.3, -0.25) is 0 Å². The summed E-state index contributed by atoms with van der Waals surface area (Å²) >= 11 is 0. The van der Waals surface area contributed by atoms with Crippen molar-refractivity contribution in [3.8, 4) is 0 Å². The predicted octanol–water partition coefficient (Wildman–Crippen LogP) is 4.80. The van der Waals surface area contributed by atoms with Gasteiger partial charge in [0.05, 0.1) is 38.6 Å². The van der Waals surface area contributed by atoms with E-state index in [4.69, 9.17) is 24.7 Å². The molecule has 0 saturated carbocycles. The van der Waals surface area contributed by atoms with Crippen LogP contribution in [0.25, 0.3) is 0 Å². The maximum atomic E-state index is 6.51. The quantitative estimate of drug-likeness (QED) is 0.466. The summed E-state index contributed by atoms with van der Waals surface area (Å²) in [6.45, 7) is 1.68. The highest BCUT2D eigenvalue weighted by Gasteiger charge is 2.46. The molecule has 0 radical (unpaired) electrons. The lowest BCUT2D eigenvalue weighted by Gasteiger charge is -2.44. The van der Waals surface area contributed by atoms with Gasteiger partial charge in [0.25, 0.3) is 5.97 Å². The summed E-state index contributed by atoms with van der Waals surface area (Å²) in [5, 5.41) is 0. The van der Waals surface area contributed by atoms with Gasteiger partial charge in [0, 0.05) is 0 Å². The van der Waals surface area contributed by atoms with Crippen molar-refractivity contribution < 1.29 is 18.9 Å². The zero-order valence-corrected chi connectivity index (χ0v) is 18.3. The number of hydrogen-bond acceptors (Lipinski definition) is 5. The molecule has 0 aliphatic carbocycles. The van der Waals surface area contributed by atoms with Gasteiger partial charge in [-0.05, 0) is 29.5 Å². The van der Waals surface area contributed by atoms with Gasteiger partial charge >= 0.3 is 0 Å². The maximum absolute atomic E-state index is 6.51. The molecule has 3 aromatic carbocycles. The summed E-state index contributed by atoms with van der Waals surface area (Å²) in [5.41, 5.74) is 9.71. The van der Waals surface area contributed by atoms with Crippen molar-refractivity contribution in [1.29, 1.82) is 0 Å². The Morgan fingerprint density at radius 3 is 1.66 bits per heavy atom. The Hall–Kier alpha value is -2.54. The second-order valence-corrected chi connectivity index (χ2v) is 8.08. The van der Waals surface area contributed by atoms with Crippen LogP contribution in [0.5, 0.6) is 0 Å². The molecule has 32 heavy (non-hydrogen) atoms. The molecule has 0 aromatic heterocycles. The third-order valence-electron chi connectivity index (χ3n) is 5.57. The fourth-order valence-corrected chi connectivity index (χ4v) is 3.76. The Balaban J connectivity index is 1.42. The first kappa shape index (κ1) is 22.6. The second kappa shape index (κ2) is 11.4. The first-order valence-electron chi connectivity index (χ1n) is 11.1. The molecule has 4 rings (SSSR count). The van der Waals surface area contributed by atoms with Crippen molar-refractivity contribution in [3.63, 3.8) is 0 Å². The van der Waals surface area contributed by atoms with E-state index < -0.39 is 12.0 Å². The van der Waals surface area contributed by atoms with Crippen molar-refractivity contribution in [1.82, 2.24) is 0 Å². The molecular weight excluding hydrogens is 402 g/mol. The highest BCUT2D eigenvalue weighted by Crippen LogP contribution is 2.33. The lowest BCUT2D eigenvalue weighted by atomic mass is 10.0. The Labute approximate surface area is 190 Å². The van der Waals surface area contributed by atoms with Crippen LogP contribution in [0.4, 0.5) is 0 Å². The summed E-state index contributed by atoms with van der Waals surface area (Å²) in [6, 6.07) is 29.7. The molecule has 1 saturated heterocycles. The van der Waals surface area contributed by atoms with E-state index in [1.807, 2.05) is 91.0 Å². The third kappa shape index (κ3) is 6.25. The molecule has 5 nitrogen and oxygen atoms in total. The highest BCUT2D eigenvalue weighted by molar-refractivity contribution is 5.15. The van der Waals surface area contributed by atoms with Crippen molar-refractivity contribution in [2.75, 3.05) is 6.61 Å². The predicted molar refractivity (Wildman–Crippen MR) is 123 cm³/mol. The summed E-state index contributed by atoms with van der Waals surface area (Å²) in [4.78, 5) is 0. The number of benzene rings is 3. The molecule has 5 heteroatoms. The van der Waals surface area contributed by atoms with Crippen LogP contribution in [0.15, 0.2) is 91.0 Å². The molecule has 2 N–H and O–H groups in total. The fraction of sp³-hybridized carbons (Fsp3) is 0.333. The molecule has 1 aliphatic heterocycles. The standard InChI is InChI=1S/C27H31NO4/c28-26-17-16-25(21-29-18-22-10-4-1-5-11-22)32-27(26,30-19-23-12-6-2-7-13-23)31-20-24-14-8-3-9-15-24/h1-15,25-26H,16-21,28H2. The van der Waals surface area contributed by atoms with E-state index >= 15 is 0 Å². The van der Waals surface area contributed by atoms with Crippen LogP contribution in [0.2, 0.25) is 0 Å². The molecule has 3 aromatic rings. The minimum atomic E-state index is -1.33. The Morgan fingerprint density at radius 1 is 0.688 bits per heavy atom. The largest absolute Gasteiger partial charge is 0.374 e. The summed E-state index contributed by atoms with van der Waals surface area (Å²) in [6.07, 6.45) is 1.36. The highest BCUT2D eigenvalue weighted by atomic mass is 16.9. The molecular formula is C27H31NO4. The molecule has 1 aliphatic rings. The summed E-state index contributed by atoms with van der Waals surface area (Å²) < 4.78 is 24.8. The van der Waals surface area contributed by atoms with Gasteiger partial charge in [-0.15, -0.1) is 0 Å². The summed E-state index contributed by atoms with van der Waals surface area (Å²) in [7, 11) is 0. The van der Waals surface area contributed by atoms with E-state index in [1.165, 1.54) is 0 Å². The Bertz CT molecular complexity index is 877. The van der Waals surface area contributed by atoms with Crippen molar-refractivity contribution in [2.24, 2.45) is 5.73 Å². The third-order valence-corrected chi connectivity index (χ3v) is 5.57. The Kier molecular flexibility index (Phi) is 8.04. The normalized spacial score (nSPS) is 20.2. The van der Waals surface area contributed by atoms with Crippen LogP contribution in [-0.2, 0) is 38.8 Å². The number of ether oxygens (including phenoxy) is 4. The van der Waals surface area contributed by atoms with Gasteiger partial charge < -0.3 is 24.7 Å². The Morgan fingerprint density at radius 2 is 1.16 bits per heavy atom. The van der Waals surface area contributed by atoms with E-state index in [-0.39, 0.29) is 6.10 Å². The molecule has 2 unspecified atom stereocenters. The van der Waals surface area contributed by atoms with E-state index in [2.05, 4.69) is 0 Å². The van der Waals surface area contributed by atoms with Gasteiger partial charge in [-0.25, -0.2) is 0 Å². The van der Waals surface area contributed by atoms with E-state index in [9.17, 15) is 0 Å². The van der Waals surface area contributed by atoms with E-state index in [0.717, 1.165) is 29.5 Å².